The molecule has 2 aromatic rings. The summed E-state index contributed by atoms with van der Waals surface area (Å²) in [4.78, 5) is 0.901. The lowest BCUT2D eigenvalue weighted by Gasteiger charge is -1.93. The Labute approximate surface area is 80.6 Å². The molecule has 5 heteroatoms. The second-order valence-corrected chi connectivity index (χ2v) is 2.76. The highest BCUT2D eigenvalue weighted by molar-refractivity contribution is 5.18. The Morgan fingerprint density at radius 3 is 2.71 bits per heavy atom. The second-order valence-electron chi connectivity index (χ2n) is 2.76. The van der Waals surface area contributed by atoms with Gasteiger partial charge in [0.05, 0.1) is 0 Å². The van der Waals surface area contributed by atoms with Crippen molar-refractivity contribution < 1.29 is 0 Å². The van der Waals surface area contributed by atoms with Gasteiger partial charge >= 0.3 is 0 Å². The van der Waals surface area contributed by atoms with E-state index in [0.717, 1.165) is 10.4 Å². The van der Waals surface area contributed by atoms with Gasteiger partial charge in [0, 0.05) is 6.42 Å². The van der Waals surface area contributed by atoms with E-state index in [2.05, 4.69) is 15.4 Å². The van der Waals surface area contributed by atoms with E-state index >= 15 is 0 Å². The standard InChI is InChI=1S/C9H7N5/c10-7-14-12-9(11-13-14)6-8-4-2-1-3-5-8/h1-5H,6H2. The van der Waals surface area contributed by atoms with E-state index in [4.69, 9.17) is 5.26 Å². The highest BCUT2D eigenvalue weighted by Gasteiger charge is 2.02. The van der Waals surface area contributed by atoms with Crippen LogP contribution < -0.4 is 0 Å². The van der Waals surface area contributed by atoms with E-state index in [1.54, 1.807) is 6.19 Å². The summed E-state index contributed by atoms with van der Waals surface area (Å²) < 4.78 is 0. The van der Waals surface area contributed by atoms with Crippen LogP contribution in [0.4, 0.5) is 0 Å². The number of aromatic nitrogens is 4. The summed E-state index contributed by atoms with van der Waals surface area (Å²) in [5.41, 5.74) is 1.10. The fourth-order valence-corrected chi connectivity index (χ4v) is 1.13. The molecule has 0 saturated carbocycles. The van der Waals surface area contributed by atoms with E-state index < -0.39 is 0 Å². The summed E-state index contributed by atoms with van der Waals surface area (Å²) in [7, 11) is 0. The first kappa shape index (κ1) is 8.38. The van der Waals surface area contributed by atoms with Crippen LogP contribution in [0, 0.1) is 11.5 Å². The smallest absolute Gasteiger partial charge is 0.169 e. The van der Waals surface area contributed by atoms with Gasteiger partial charge < -0.3 is 0 Å². The summed E-state index contributed by atoms with van der Waals surface area (Å²) in [6.45, 7) is 0. The topological polar surface area (TPSA) is 67.4 Å². The van der Waals surface area contributed by atoms with Crippen molar-refractivity contribution in [1.29, 1.82) is 5.26 Å². The maximum atomic E-state index is 8.46. The van der Waals surface area contributed by atoms with Gasteiger partial charge in [-0.3, -0.25) is 0 Å². The molecule has 0 unspecified atom stereocenters. The Morgan fingerprint density at radius 2 is 2.07 bits per heavy atom. The van der Waals surface area contributed by atoms with Crippen molar-refractivity contribution >= 4 is 0 Å². The summed E-state index contributed by atoms with van der Waals surface area (Å²) in [6.07, 6.45) is 2.36. The Hall–Kier alpha value is -2.22. The van der Waals surface area contributed by atoms with E-state index in [-0.39, 0.29) is 0 Å². The molecular formula is C9H7N5. The molecule has 0 amide bonds. The first-order chi connectivity index (χ1) is 6.88. The quantitative estimate of drug-likeness (QED) is 0.686. The molecular weight excluding hydrogens is 178 g/mol. The largest absolute Gasteiger partial charge is 0.226 e. The minimum atomic E-state index is 0.553. The predicted octanol–water partition coefficient (Wildman–Crippen LogP) is 0.593. The minimum Gasteiger partial charge on any atom is -0.169 e. The third-order valence-electron chi connectivity index (χ3n) is 1.75. The molecule has 0 atom stereocenters. The molecule has 0 fully saturated rings. The molecule has 1 aromatic heterocycles. The summed E-state index contributed by atoms with van der Waals surface area (Å²) in [6, 6.07) is 9.80. The fraction of sp³-hybridized carbons (Fsp3) is 0.111. The summed E-state index contributed by atoms with van der Waals surface area (Å²) >= 11 is 0. The zero-order valence-electron chi connectivity index (χ0n) is 7.33. The van der Waals surface area contributed by atoms with Crippen LogP contribution >= 0.6 is 0 Å². The van der Waals surface area contributed by atoms with E-state index in [0.29, 0.717) is 12.2 Å². The molecule has 2 rings (SSSR count). The molecule has 0 radical (unpaired) electrons. The molecule has 0 spiro atoms. The molecule has 14 heavy (non-hydrogen) atoms. The normalized spacial score (nSPS) is 9.64. The zero-order valence-corrected chi connectivity index (χ0v) is 7.33. The third kappa shape index (κ3) is 1.75. The average molecular weight is 185 g/mol. The van der Waals surface area contributed by atoms with Gasteiger partial charge in [0.25, 0.3) is 0 Å². The van der Waals surface area contributed by atoms with Crippen LogP contribution in [0.3, 0.4) is 0 Å². The molecule has 0 N–H and O–H groups in total. The van der Waals surface area contributed by atoms with Crippen LogP contribution in [-0.4, -0.2) is 20.2 Å². The average Bonchev–Trinajstić information content (AvgIpc) is 2.67. The lowest BCUT2D eigenvalue weighted by Crippen LogP contribution is -1.94. The number of hydrogen-bond donors (Lipinski definition) is 0. The number of nitrogens with zero attached hydrogens (tertiary/aromatic N) is 5. The Bertz CT molecular complexity index is 454. The number of hydrogen-bond acceptors (Lipinski definition) is 4. The minimum absolute atomic E-state index is 0.553. The number of rotatable bonds is 2. The lowest BCUT2D eigenvalue weighted by atomic mass is 10.1. The van der Waals surface area contributed by atoms with Gasteiger partial charge in [-0.2, -0.15) is 5.26 Å². The first-order valence-electron chi connectivity index (χ1n) is 4.11. The number of benzene rings is 1. The van der Waals surface area contributed by atoms with Gasteiger partial charge in [0.1, 0.15) is 0 Å². The monoisotopic (exact) mass is 185 g/mol. The Kier molecular flexibility index (Phi) is 2.19. The fourth-order valence-electron chi connectivity index (χ4n) is 1.13. The molecule has 0 aliphatic heterocycles. The number of nitriles is 1. The molecule has 0 aliphatic carbocycles. The van der Waals surface area contributed by atoms with Crippen molar-refractivity contribution in [3.63, 3.8) is 0 Å². The molecule has 5 nitrogen and oxygen atoms in total. The van der Waals surface area contributed by atoms with Crippen LogP contribution in [-0.2, 0) is 6.42 Å². The maximum Gasteiger partial charge on any atom is 0.226 e. The highest BCUT2D eigenvalue weighted by Crippen LogP contribution is 2.03. The Morgan fingerprint density at radius 1 is 1.29 bits per heavy atom. The molecule has 1 heterocycles. The molecule has 1 aromatic carbocycles. The van der Waals surface area contributed by atoms with Crippen molar-refractivity contribution in [1.82, 2.24) is 20.2 Å². The van der Waals surface area contributed by atoms with Gasteiger partial charge in [-0.15, -0.1) is 10.2 Å². The SMILES string of the molecule is N#Cn1nnc(Cc2ccccc2)n1. The van der Waals surface area contributed by atoms with Crippen molar-refractivity contribution in [3.05, 3.63) is 41.7 Å². The van der Waals surface area contributed by atoms with Crippen LogP contribution in [0.2, 0.25) is 0 Å². The van der Waals surface area contributed by atoms with Gasteiger partial charge in [-0.25, -0.2) is 0 Å². The van der Waals surface area contributed by atoms with Crippen molar-refractivity contribution in [2.45, 2.75) is 6.42 Å². The van der Waals surface area contributed by atoms with Crippen molar-refractivity contribution in [3.8, 4) is 6.19 Å². The summed E-state index contributed by atoms with van der Waals surface area (Å²) in [5.74, 6) is 0.553. The van der Waals surface area contributed by atoms with Crippen LogP contribution in [0.15, 0.2) is 30.3 Å². The van der Waals surface area contributed by atoms with E-state index in [1.807, 2.05) is 30.3 Å². The first-order valence-corrected chi connectivity index (χ1v) is 4.11. The lowest BCUT2D eigenvalue weighted by molar-refractivity contribution is 0.732. The van der Waals surface area contributed by atoms with Crippen LogP contribution in [0.1, 0.15) is 11.4 Å². The Balaban J connectivity index is 2.16. The maximum absolute atomic E-state index is 8.46. The van der Waals surface area contributed by atoms with Crippen molar-refractivity contribution in [2.24, 2.45) is 0 Å². The van der Waals surface area contributed by atoms with E-state index in [9.17, 15) is 0 Å². The molecule has 0 bridgehead atoms. The summed E-state index contributed by atoms with van der Waals surface area (Å²) in [5, 5.41) is 19.6. The van der Waals surface area contributed by atoms with Crippen LogP contribution in [0.25, 0.3) is 0 Å². The van der Waals surface area contributed by atoms with Gasteiger partial charge in [0.15, 0.2) is 5.82 Å². The molecule has 0 saturated heterocycles. The molecule has 68 valence electrons. The zero-order chi connectivity index (χ0) is 9.80. The number of tetrazole rings is 1. The third-order valence-corrected chi connectivity index (χ3v) is 1.75. The highest BCUT2D eigenvalue weighted by atomic mass is 15.6. The van der Waals surface area contributed by atoms with Gasteiger partial charge in [0.2, 0.25) is 6.19 Å². The predicted molar refractivity (Wildman–Crippen MR) is 48.1 cm³/mol. The van der Waals surface area contributed by atoms with Gasteiger partial charge in [-0.1, -0.05) is 35.1 Å². The molecule has 0 aliphatic rings. The van der Waals surface area contributed by atoms with E-state index in [1.165, 1.54) is 0 Å². The van der Waals surface area contributed by atoms with Crippen molar-refractivity contribution in [2.75, 3.05) is 0 Å². The van der Waals surface area contributed by atoms with Crippen LogP contribution in [0.5, 0.6) is 0 Å². The van der Waals surface area contributed by atoms with Gasteiger partial charge in [-0.05, 0) is 10.8 Å². The second kappa shape index (κ2) is 3.66.